The summed E-state index contributed by atoms with van der Waals surface area (Å²) < 4.78 is 24.4. The van der Waals surface area contributed by atoms with Gasteiger partial charge in [0.15, 0.2) is 0 Å². The zero-order chi connectivity index (χ0) is 42.4. The Bertz CT molecular complexity index is 2060. The molecule has 0 spiro atoms. The molecule has 1 unspecified atom stereocenters. The van der Waals surface area contributed by atoms with Crippen LogP contribution >= 0.6 is 0 Å². The van der Waals surface area contributed by atoms with Gasteiger partial charge in [0.1, 0.15) is 23.0 Å². The number of nitrogens with one attached hydrogen (secondary N) is 2. The third-order valence-electron chi connectivity index (χ3n) is 9.17. The third kappa shape index (κ3) is 12.7. The molecular weight excluding hydrogens is 741 g/mol. The molecule has 0 fully saturated rings. The summed E-state index contributed by atoms with van der Waals surface area (Å²) in [6.45, 7) is 15.1. The molecule has 0 radical (unpaired) electrons. The quantitative estimate of drug-likeness (QED) is 0.0561. The maximum Gasteiger partial charge on any atom is 0.335 e. The highest BCUT2D eigenvalue weighted by molar-refractivity contribution is 6.09. The number of hydrogen-bond donors (Lipinski definition) is 4. The van der Waals surface area contributed by atoms with E-state index in [9.17, 15) is 29.4 Å². The Hall–Kier alpha value is -6.04. The number of carbonyl (C=O) groups excluding carboxylic acids is 2. The number of carboxylic acid groups (broad SMARTS) is 2. The smallest absolute Gasteiger partial charge is 0.335 e. The molecule has 0 aliphatic heterocycles. The number of ether oxygens (including phenoxy) is 4. The van der Waals surface area contributed by atoms with Gasteiger partial charge < -0.3 is 39.8 Å². The Morgan fingerprint density at radius 3 is 1.59 bits per heavy atom. The van der Waals surface area contributed by atoms with Crippen molar-refractivity contribution in [3.05, 3.63) is 95.1 Å². The van der Waals surface area contributed by atoms with E-state index >= 15 is 0 Å². The second kappa shape index (κ2) is 21.5. The van der Waals surface area contributed by atoms with Gasteiger partial charge in [-0.2, -0.15) is 0 Å². The van der Waals surface area contributed by atoms with Gasteiger partial charge in [-0.15, -0.1) is 0 Å². The van der Waals surface area contributed by atoms with Crippen molar-refractivity contribution >= 4 is 35.1 Å². The molecule has 12 heteroatoms. The van der Waals surface area contributed by atoms with Gasteiger partial charge in [-0.3, -0.25) is 9.59 Å². The SMILES string of the molecule is CCCCCOc1cc(-c2ccc(C(=O)Nc3ccc(C(=O)O)cc3OC(C)CC)c(OCCC(C)C)c2)ccc1C(=O)Nc1ccc(C(=O)O)cc1OCC(C)C. The van der Waals surface area contributed by atoms with E-state index < -0.39 is 23.8 Å². The van der Waals surface area contributed by atoms with Crippen LogP contribution < -0.4 is 29.6 Å². The first-order valence-electron chi connectivity index (χ1n) is 19.9. The Kier molecular flexibility index (Phi) is 16.5. The van der Waals surface area contributed by atoms with Crippen LogP contribution in [0.5, 0.6) is 23.0 Å². The summed E-state index contributed by atoms with van der Waals surface area (Å²) in [4.78, 5) is 51.1. The number of carboxylic acids is 2. The minimum absolute atomic E-state index is 0.0328. The third-order valence-corrected chi connectivity index (χ3v) is 9.17. The zero-order valence-corrected chi connectivity index (χ0v) is 34.5. The maximum atomic E-state index is 13.9. The molecule has 0 aliphatic carbocycles. The molecule has 4 rings (SSSR count). The van der Waals surface area contributed by atoms with Crippen molar-refractivity contribution in [3.63, 3.8) is 0 Å². The summed E-state index contributed by atoms with van der Waals surface area (Å²) in [5, 5.41) is 24.9. The fourth-order valence-corrected chi connectivity index (χ4v) is 5.63. The number of benzene rings is 4. The molecule has 12 nitrogen and oxygen atoms in total. The van der Waals surface area contributed by atoms with Gasteiger partial charge in [0, 0.05) is 0 Å². The standard InChI is InChI=1S/C46H56N2O10/c1-8-10-11-21-55-39-23-31(12-16-35(39)43(49)47-37-18-14-33(45(51)52)25-41(37)57-27-29(5)6)32-13-17-36(40(24-32)56-22-20-28(3)4)44(50)48-38-19-15-34(46(53)54)26-42(38)58-30(7)9-2/h12-19,23-26,28-30H,8-11,20-22,27H2,1-7H3,(H,47,49)(H,48,50)(H,51,52)(H,53,54). The van der Waals surface area contributed by atoms with E-state index in [1.54, 1.807) is 36.4 Å². The first kappa shape index (κ1) is 44.7. The molecule has 58 heavy (non-hydrogen) atoms. The highest BCUT2D eigenvalue weighted by Gasteiger charge is 2.21. The number of rotatable bonds is 22. The van der Waals surface area contributed by atoms with E-state index in [1.807, 2.05) is 27.7 Å². The summed E-state index contributed by atoms with van der Waals surface area (Å²) in [7, 11) is 0. The number of hydrogen-bond acceptors (Lipinski definition) is 8. The lowest BCUT2D eigenvalue weighted by atomic mass is 10.00. The van der Waals surface area contributed by atoms with E-state index in [4.69, 9.17) is 18.9 Å². The molecule has 2 amide bonds. The van der Waals surface area contributed by atoms with Gasteiger partial charge in [0.25, 0.3) is 11.8 Å². The minimum atomic E-state index is -1.11. The summed E-state index contributed by atoms with van der Waals surface area (Å²) in [5.41, 5.74) is 2.67. The summed E-state index contributed by atoms with van der Waals surface area (Å²) in [6.07, 6.45) is 3.92. The van der Waals surface area contributed by atoms with Crippen LogP contribution in [0.4, 0.5) is 11.4 Å². The van der Waals surface area contributed by atoms with Crippen LogP contribution in [0.2, 0.25) is 0 Å². The molecule has 4 N–H and O–H groups in total. The first-order chi connectivity index (χ1) is 27.7. The molecule has 0 bridgehead atoms. The van der Waals surface area contributed by atoms with Gasteiger partial charge in [-0.1, -0.05) is 66.5 Å². The molecule has 1 atom stereocenters. The number of anilines is 2. The molecule has 0 aliphatic rings. The van der Waals surface area contributed by atoms with E-state index in [2.05, 4.69) is 31.4 Å². The molecule has 4 aromatic rings. The average molecular weight is 797 g/mol. The van der Waals surface area contributed by atoms with Gasteiger partial charge in [-0.25, -0.2) is 9.59 Å². The number of aromatic carboxylic acids is 2. The normalized spacial score (nSPS) is 11.5. The molecule has 0 saturated heterocycles. The van der Waals surface area contributed by atoms with Crippen LogP contribution in [0.15, 0.2) is 72.8 Å². The van der Waals surface area contributed by atoms with Crippen LogP contribution in [-0.4, -0.2) is 59.9 Å². The van der Waals surface area contributed by atoms with Crippen LogP contribution in [0, 0.1) is 11.8 Å². The van der Waals surface area contributed by atoms with Crippen molar-refractivity contribution in [1.82, 2.24) is 0 Å². The lowest BCUT2D eigenvalue weighted by molar-refractivity contribution is 0.0685. The van der Waals surface area contributed by atoms with Crippen molar-refractivity contribution in [1.29, 1.82) is 0 Å². The van der Waals surface area contributed by atoms with Crippen LogP contribution in [-0.2, 0) is 0 Å². The summed E-state index contributed by atoms with van der Waals surface area (Å²) >= 11 is 0. The van der Waals surface area contributed by atoms with Crippen molar-refractivity contribution in [2.45, 2.75) is 86.7 Å². The van der Waals surface area contributed by atoms with Gasteiger partial charge in [-0.05, 0) is 110 Å². The highest BCUT2D eigenvalue weighted by atomic mass is 16.5. The molecular formula is C46H56N2O10. The largest absolute Gasteiger partial charge is 0.493 e. The molecule has 4 aromatic carbocycles. The van der Waals surface area contributed by atoms with Crippen molar-refractivity contribution in [3.8, 4) is 34.1 Å². The molecule has 0 saturated carbocycles. The lowest BCUT2D eigenvalue weighted by Gasteiger charge is -2.19. The Morgan fingerprint density at radius 2 is 1.10 bits per heavy atom. The predicted molar refractivity (Wildman–Crippen MR) is 225 cm³/mol. The van der Waals surface area contributed by atoms with Crippen molar-refractivity contribution in [2.75, 3.05) is 30.5 Å². The average Bonchev–Trinajstić information content (AvgIpc) is 3.19. The maximum absolute atomic E-state index is 13.9. The van der Waals surface area contributed by atoms with Crippen LogP contribution in [0.1, 0.15) is 122 Å². The van der Waals surface area contributed by atoms with Gasteiger partial charge in [0.05, 0.1) is 59.6 Å². The molecule has 0 heterocycles. The Morgan fingerprint density at radius 1 is 0.586 bits per heavy atom. The van der Waals surface area contributed by atoms with Crippen molar-refractivity contribution in [2.24, 2.45) is 11.8 Å². The molecule has 0 aromatic heterocycles. The highest BCUT2D eigenvalue weighted by Crippen LogP contribution is 2.35. The van der Waals surface area contributed by atoms with Gasteiger partial charge in [0.2, 0.25) is 0 Å². The molecule has 310 valence electrons. The van der Waals surface area contributed by atoms with E-state index in [0.29, 0.717) is 66.2 Å². The first-order valence-corrected chi connectivity index (χ1v) is 19.9. The minimum Gasteiger partial charge on any atom is -0.493 e. The topological polar surface area (TPSA) is 170 Å². The fraction of sp³-hybridized carbons (Fsp3) is 0.391. The summed E-state index contributed by atoms with van der Waals surface area (Å²) in [5.74, 6) is -1.46. The fourth-order valence-electron chi connectivity index (χ4n) is 5.63. The Labute approximate surface area is 340 Å². The lowest BCUT2D eigenvalue weighted by Crippen LogP contribution is -2.17. The monoisotopic (exact) mass is 796 g/mol. The predicted octanol–water partition coefficient (Wildman–Crippen LogP) is 10.5. The number of carbonyl (C=O) groups is 4. The van der Waals surface area contributed by atoms with Crippen LogP contribution in [0.25, 0.3) is 11.1 Å². The summed E-state index contributed by atoms with van der Waals surface area (Å²) in [6, 6.07) is 19.1. The second-order valence-corrected chi connectivity index (χ2v) is 15.0. The number of unbranched alkanes of at least 4 members (excludes halogenated alkanes) is 2. The Balaban J connectivity index is 1.71. The van der Waals surface area contributed by atoms with Gasteiger partial charge >= 0.3 is 11.9 Å². The van der Waals surface area contributed by atoms with E-state index in [1.165, 1.54) is 36.4 Å². The van der Waals surface area contributed by atoms with Crippen molar-refractivity contribution < 1.29 is 48.3 Å². The van der Waals surface area contributed by atoms with Crippen LogP contribution in [0.3, 0.4) is 0 Å². The zero-order valence-electron chi connectivity index (χ0n) is 34.5. The van der Waals surface area contributed by atoms with E-state index in [0.717, 1.165) is 25.7 Å². The second-order valence-electron chi connectivity index (χ2n) is 15.0. The number of amides is 2. The van der Waals surface area contributed by atoms with E-state index in [-0.39, 0.29) is 45.8 Å².